The molecule has 4 nitrogen and oxygen atoms in total. The molecule has 1 N–H and O–H groups in total. The molecule has 39 heavy (non-hydrogen) atoms. The van der Waals surface area contributed by atoms with Crippen molar-refractivity contribution in [1.29, 1.82) is 0 Å². The van der Waals surface area contributed by atoms with E-state index in [2.05, 4.69) is 26.1 Å². The van der Waals surface area contributed by atoms with Crippen molar-refractivity contribution in [2.75, 3.05) is 0 Å². The standard InChI is InChI=1S/C25H35F2NO3.C4H10.2C2H6/c1-5-7-17(16(4)22(29)8-6-2)10-9-15(3)18-13-20(26)24(21(27)14-18)19-11-12-23(30)28-25(19)31;1-3-4-2;2*1-2/h13-17,19H,5-12H2,1-4H3,(H,28,30,31);3-4H2,1-2H3;2*1-2H3. The maximum atomic E-state index is 14.8. The summed E-state index contributed by atoms with van der Waals surface area (Å²) in [6.07, 6.45) is 7.75. The average molecular weight is 554 g/mol. The predicted octanol–water partition coefficient (Wildman–Crippen LogP) is 9.65. The normalized spacial score (nSPS) is 16.7. The van der Waals surface area contributed by atoms with Gasteiger partial charge in [-0.2, -0.15) is 0 Å². The Morgan fingerprint density at radius 1 is 0.872 bits per heavy atom. The van der Waals surface area contributed by atoms with Crippen LogP contribution in [-0.2, 0) is 14.4 Å². The van der Waals surface area contributed by atoms with Gasteiger partial charge in [-0.3, -0.25) is 19.7 Å². The van der Waals surface area contributed by atoms with Crippen molar-refractivity contribution < 1.29 is 23.2 Å². The summed E-state index contributed by atoms with van der Waals surface area (Å²) in [5.41, 5.74) is 0.289. The first-order chi connectivity index (χ1) is 18.6. The van der Waals surface area contributed by atoms with Gasteiger partial charge in [0.1, 0.15) is 17.4 Å². The van der Waals surface area contributed by atoms with E-state index in [1.54, 1.807) is 0 Å². The number of ketones is 1. The van der Waals surface area contributed by atoms with Crippen LogP contribution < -0.4 is 5.32 Å². The minimum atomic E-state index is -0.985. The Morgan fingerprint density at radius 3 is 1.85 bits per heavy atom. The lowest BCUT2D eigenvalue weighted by Crippen LogP contribution is -2.40. The van der Waals surface area contributed by atoms with E-state index in [-0.39, 0.29) is 36.2 Å². The van der Waals surface area contributed by atoms with Crippen molar-refractivity contribution in [2.24, 2.45) is 11.8 Å². The lowest BCUT2D eigenvalue weighted by molar-refractivity contribution is -0.134. The second-order valence-electron chi connectivity index (χ2n) is 9.93. The SMILES string of the molecule is CC.CC.CCCC.CCCC(=O)C(C)C(CCC)CCC(C)c1cc(F)c(C2CCC(=O)NC2=O)c(F)c1. The number of Topliss-reactive ketones (excluding diaryl/α,β-unsaturated/α-hetero) is 1. The fourth-order valence-corrected chi connectivity index (χ4v) is 4.57. The van der Waals surface area contributed by atoms with Gasteiger partial charge in [0.15, 0.2) is 0 Å². The van der Waals surface area contributed by atoms with E-state index in [9.17, 15) is 23.2 Å². The highest BCUT2D eigenvalue weighted by Gasteiger charge is 2.33. The van der Waals surface area contributed by atoms with Crippen LogP contribution in [0.4, 0.5) is 8.78 Å². The van der Waals surface area contributed by atoms with Crippen LogP contribution in [0.3, 0.4) is 0 Å². The Morgan fingerprint density at radius 2 is 1.41 bits per heavy atom. The molecule has 0 radical (unpaired) electrons. The number of hydrogen-bond donors (Lipinski definition) is 1. The molecular weight excluding hydrogens is 496 g/mol. The minimum absolute atomic E-state index is 0.00419. The molecule has 0 saturated carbocycles. The van der Waals surface area contributed by atoms with Gasteiger partial charge in [-0.05, 0) is 55.2 Å². The van der Waals surface area contributed by atoms with Crippen molar-refractivity contribution >= 4 is 17.6 Å². The lowest BCUT2D eigenvalue weighted by Gasteiger charge is -2.25. The lowest BCUT2D eigenvalue weighted by atomic mass is 9.80. The Balaban J connectivity index is 0. The predicted molar refractivity (Wildman–Crippen MR) is 160 cm³/mol. The molecule has 2 amide bonds. The van der Waals surface area contributed by atoms with Gasteiger partial charge in [-0.15, -0.1) is 0 Å². The molecule has 1 fully saturated rings. The van der Waals surface area contributed by atoms with E-state index in [0.29, 0.717) is 17.8 Å². The summed E-state index contributed by atoms with van der Waals surface area (Å²) in [7, 11) is 0. The number of carbonyl (C=O) groups is 3. The van der Waals surface area contributed by atoms with Gasteiger partial charge >= 0.3 is 0 Å². The van der Waals surface area contributed by atoms with Gasteiger partial charge in [0.25, 0.3) is 0 Å². The van der Waals surface area contributed by atoms with Crippen LogP contribution in [0, 0.1) is 23.5 Å². The largest absolute Gasteiger partial charge is 0.299 e. The number of amides is 2. The molecule has 6 heteroatoms. The van der Waals surface area contributed by atoms with Gasteiger partial charge in [0.2, 0.25) is 11.8 Å². The zero-order chi connectivity index (χ0) is 30.5. The zero-order valence-electron chi connectivity index (χ0n) is 26.5. The molecule has 2 rings (SSSR count). The highest BCUT2D eigenvalue weighted by atomic mass is 19.1. The molecule has 0 aliphatic carbocycles. The van der Waals surface area contributed by atoms with E-state index in [1.165, 1.54) is 25.0 Å². The Kier molecular flexibility index (Phi) is 22.7. The first-order valence-electron chi connectivity index (χ1n) is 15.5. The van der Waals surface area contributed by atoms with Gasteiger partial charge in [-0.1, -0.05) is 94.9 Å². The molecule has 226 valence electrons. The summed E-state index contributed by atoms with van der Waals surface area (Å²) >= 11 is 0. The molecule has 4 atom stereocenters. The first kappa shape index (κ1) is 39.0. The van der Waals surface area contributed by atoms with Crippen molar-refractivity contribution in [3.63, 3.8) is 0 Å². The molecule has 1 aliphatic rings. The van der Waals surface area contributed by atoms with Gasteiger partial charge in [0.05, 0.1) is 5.92 Å². The quantitative estimate of drug-likeness (QED) is 0.262. The van der Waals surface area contributed by atoms with E-state index in [0.717, 1.165) is 32.1 Å². The van der Waals surface area contributed by atoms with Crippen LogP contribution in [0.2, 0.25) is 0 Å². The fourth-order valence-electron chi connectivity index (χ4n) is 4.57. The number of benzene rings is 1. The molecule has 0 spiro atoms. The third kappa shape index (κ3) is 13.7. The molecular formula is C33H57F2NO3. The monoisotopic (exact) mass is 553 g/mol. The van der Waals surface area contributed by atoms with Crippen molar-refractivity contribution in [3.05, 3.63) is 34.9 Å². The second kappa shape index (κ2) is 22.7. The maximum absolute atomic E-state index is 14.8. The maximum Gasteiger partial charge on any atom is 0.234 e. The molecule has 1 aliphatic heterocycles. The van der Waals surface area contributed by atoms with E-state index in [4.69, 9.17) is 0 Å². The van der Waals surface area contributed by atoms with Crippen LogP contribution in [0.15, 0.2) is 12.1 Å². The molecule has 0 aromatic heterocycles. The topological polar surface area (TPSA) is 63.2 Å². The summed E-state index contributed by atoms with van der Waals surface area (Å²) in [5.74, 6) is -3.06. The summed E-state index contributed by atoms with van der Waals surface area (Å²) in [4.78, 5) is 35.7. The Bertz CT molecular complexity index is 815. The number of unbranched alkanes of at least 4 members (excludes halogenated alkanes) is 1. The third-order valence-electron chi connectivity index (χ3n) is 7.10. The Labute approximate surface area is 238 Å². The Hall–Kier alpha value is -2.11. The minimum Gasteiger partial charge on any atom is -0.299 e. The number of imide groups is 1. The molecule has 0 bridgehead atoms. The molecule has 1 saturated heterocycles. The first-order valence-corrected chi connectivity index (χ1v) is 15.5. The molecule has 4 unspecified atom stereocenters. The van der Waals surface area contributed by atoms with Crippen molar-refractivity contribution in [1.82, 2.24) is 5.32 Å². The highest BCUT2D eigenvalue weighted by molar-refractivity contribution is 6.01. The van der Waals surface area contributed by atoms with Crippen molar-refractivity contribution in [3.8, 4) is 0 Å². The second-order valence-corrected chi connectivity index (χ2v) is 9.93. The van der Waals surface area contributed by atoms with Crippen LogP contribution in [0.25, 0.3) is 0 Å². The zero-order valence-corrected chi connectivity index (χ0v) is 26.5. The number of rotatable bonds is 12. The number of piperidine rings is 1. The number of hydrogen-bond acceptors (Lipinski definition) is 3. The van der Waals surface area contributed by atoms with E-state index >= 15 is 0 Å². The summed E-state index contributed by atoms with van der Waals surface area (Å²) < 4.78 is 29.6. The van der Waals surface area contributed by atoms with E-state index in [1.807, 2.05) is 48.5 Å². The number of halogens is 2. The van der Waals surface area contributed by atoms with Crippen LogP contribution >= 0.6 is 0 Å². The van der Waals surface area contributed by atoms with Gasteiger partial charge in [0, 0.05) is 24.3 Å². The highest BCUT2D eigenvalue weighted by Crippen LogP contribution is 2.34. The molecule has 1 aromatic carbocycles. The molecule has 1 aromatic rings. The number of nitrogens with one attached hydrogen (secondary N) is 1. The number of carbonyl (C=O) groups excluding carboxylic acids is 3. The van der Waals surface area contributed by atoms with Gasteiger partial charge in [-0.25, -0.2) is 8.78 Å². The van der Waals surface area contributed by atoms with Crippen LogP contribution in [0.5, 0.6) is 0 Å². The average Bonchev–Trinajstić information content (AvgIpc) is 2.93. The summed E-state index contributed by atoms with van der Waals surface area (Å²) in [6.45, 7) is 20.4. The van der Waals surface area contributed by atoms with Crippen LogP contribution in [-0.4, -0.2) is 17.6 Å². The van der Waals surface area contributed by atoms with Crippen LogP contribution in [0.1, 0.15) is 156 Å². The van der Waals surface area contributed by atoms with Crippen molar-refractivity contribution in [2.45, 2.75) is 145 Å². The fraction of sp³-hybridized carbons (Fsp3) is 0.727. The summed E-state index contributed by atoms with van der Waals surface area (Å²) in [5, 5.41) is 2.15. The van der Waals surface area contributed by atoms with Gasteiger partial charge < -0.3 is 0 Å². The van der Waals surface area contributed by atoms with E-state index < -0.39 is 29.4 Å². The smallest absolute Gasteiger partial charge is 0.234 e. The summed E-state index contributed by atoms with van der Waals surface area (Å²) in [6, 6.07) is 2.63. The molecule has 1 heterocycles. The third-order valence-corrected chi connectivity index (χ3v) is 7.10.